The summed E-state index contributed by atoms with van der Waals surface area (Å²) < 4.78 is 17.9. The van der Waals surface area contributed by atoms with Gasteiger partial charge in [0.15, 0.2) is 0 Å². The van der Waals surface area contributed by atoms with Crippen LogP contribution in [-0.2, 0) is 13.3 Å². The smallest absolute Gasteiger partial charge is 0.374 e. The average Bonchev–Trinajstić information content (AvgIpc) is 2.39. The van der Waals surface area contributed by atoms with Crippen molar-refractivity contribution < 1.29 is 13.3 Å². The molecule has 0 amide bonds. The lowest BCUT2D eigenvalue weighted by atomic mass is 10.0. The van der Waals surface area contributed by atoms with Gasteiger partial charge in [-0.25, -0.2) is 0 Å². The van der Waals surface area contributed by atoms with Crippen LogP contribution in [-0.4, -0.2) is 28.6 Å². The molecular weight excluding hydrogens is 268 g/mol. The Balaban J connectivity index is 4.48. The molecule has 0 aliphatic heterocycles. The highest BCUT2D eigenvalue weighted by Crippen LogP contribution is 2.31. The van der Waals surface area contributed by atoms with Gasteiger partial charge in [0.1, 0.15) is 0 Å². The molecule has 0 rings (SSSR count). The lowest BCUT2D eigenvalue weighted by Gasteiger charge is -2.33. The highest BCUT2D eigenvalue weighted by Gasteiger charge is 2.46. The van der Waals surface area contributed by atoms with Crippen molar-refractivity contribution >= 4 is 8.80 Å². The molecule has 0 aromatic rings. The van der Waals surface area contributed by atoms with Crippen LogP contribution in [0, 0.1) is 5.92 Å². The molecule has 4 heteroatoms. The molecule has 0 fully saturated rings. The van der Waals surface area contributed by atoms with Crippen LogP contribution in [0.1, 0.15) is 60.8 Å². The fraction of sp³-hybridized carbons (Fsp3) is 0.875. The van der Waals surface area contributed by atoms with Crippen molar-refractivity contribution in [2.75, 3.05) is 19.8 Å². The Hall–Kier alpha value is -0.163. The summed E-state index contributed by atoms with van der Waals surface area (Å²) in [7, 11) is -2.51. The molecular formula is C16H34O3Si. The Morgan fingerprint density at radius 1 is 0.900 bits per heavy atom. The van der Waals surface area contributed by atoms with Gasteiger partial charge in [0.05, 0.1) is 0 Å². The van der Waals surface area contributed by atoms with Crippen molar-refractivity contribution in [3.05, 3.63) is 12.2 Å². The van der Waals surface area contributed by atoms with Gasteiger partial charge in [0.25, 0.3) is 0 Å². The molecule has 0 aliphatic rings. The Kier molecular flexibility index (Phi) is 11.4. The first-order valence-corrected chi connectivity index (χ1v) is 9.91. The van der Waals surface area contributed by atoms with Gasteiger partial charge in [0, 0.05) is 25.4 Å². The van der Waals surface area contributed by atoms with Crippen molar-refractivity contribution in [1.29, 1.82) is 0 Å². The SMILES string of the molecule is CC=CC(C)CCCC(C)[Si](OCC)(OCC)OCC. The van der Waals surface area contributed by atoms with E-state index >= 15 is 0 Å². The maximum atomic E-state index is 5.96. The van der Waals surface area contributed by atoms with E-state index in [9.17, 15) is 0 Å². The molecule has 0 aliphatic carbocycles. The van der Waals surface area contributed by atoms with E-state index in [2.05, 4.69) is 32.9 Å². The third kappa shape index (κ3) is 7.02. The van der Waals surface area contributed by atoms with Crippen LogP contribution >= 0.6 is 0 Å². The van der Waals surface area contributed by atoms with Gasteiger partial charge in [-0.3, -0.25) is 0 Å². The lowest BCUT2D eigenvalue weighted by molar-refractivity contribution is 0.0612. The molecule has 0 saturated heterocycles. The quantitative estimate of drug-likeness (QED) is 0.382. The van der Waals surface area contributed by atoms with Crippen LogP contribution in [0.4, 0.5) is 0 Å². The lowest BCUT2D eigenvalue weighted by Crippen LogP contribution is -2.49. The van der Waals surface area contributed by atoms with E-state index in [1.165, 1.54) is 12.8 Å². The van der Waals surface area contributed by atoms with Gasteiger partial charge in [-0.05, 0) is 46.5 Å². The van der Waals surface area contributed by atoms with Gasteiger partial charge in [-0.1, -0.05) is 32.4 Å². The Morgan fingerprint density at radius 2 is 1.40 bits per heavy atom. The minimum Gasteiger partial charge on any atom is -0.374 e. The number of hydrogen-bond acceptors (Lipinski definition) is 3. The van der Waals surface area contributed by atoms with E-state index in [1.807, 2.05) is 20.8 Å². The standard InChI is InChI=1S/C16H34O3Si/c1-7-12-15(5)13-11-14-16(6)20(17-8-2,18-9-3)19-10-4/h7,12,15-16H,8-11,13-14H2,1-6H3. The van der Waals surface area contributed by atoms with Crippen molar-refractivity contribution in [3.63, 3.8) is 0 Å². The summed E-state index contributed by atoms with van der Waals surface area (Å²) in [4.78, 5) is 0. The van der Waals surface area contributed by atoms with E-state index in [4.69, 9.17) is 13.3 Å². The van der Waals surface area contributed by atoms with E-state index in [1.54, 1.807) is 0 Å². The molecule has 0 N–H and O–H groups in total. The van der Waals surface area contributed by atoms with Crippen molar-refractivity contribution in [3.8, 4) is 0 Å². The second-order valence-corrected chi connectivity index (χ2v) is 8.30. The summed E-state index contributed by atoms with van der Waals surface area (Å²) in [5.74, 6) is 0.648. The van der Waals surface area contributed by atoms with Gasteiger partial charge in [0.2, 0.25) is 0 Å². The Labute approximate surface area is 127 Å². The largest absolute Gasteiger partial charge is 0.503 e. The highest BCUT2D eigenvalue weighted by molar-refractivity contribution is 6.62. The predicted molar refractivity (Wildman–Crippen MR) is 87.9 cm³/mol. The molecule has 120 valence electrons. The zero-order valence-corrected chi connectivity index (χ0v) is 15.3. The first kappa shape index (κ1) is 19.8. The van der Waals surface area contributed by atoms with Gasteiger partial charge < -0.3 is 13.3 Å². The molecule has 0 saturated carbocycles. The minimum atomic E-state index is -2.51. The zero-order chi connectivity index (χ0) is 15.4. The van der Waals surface area contributed by atoms with Crippen LogP contribution in [0.2, 0.25) is 5.54 Å². The summed E-state index contributed by atoms with van der Waals surface area (Å²) >= 11 is 0. The molecule has 20 heavy (non-hydrogen) atoms. The third-order valence-electron chi connectivity index (χ3n) is 3.46. The van der Waals surface area contributed by atoms with Crippen LogP contribution in [0.25, 0.3) is 0 Å². The summed E-state index contributed by atoms with van der Waals surface area (Å²) in [5, 5.41) is 0. The average molecular weight is 303 g/mol. The van der Waals surface area contributed by atoms with E-state index in [0.29, 0.717) is 31.3 Å². The molecule has 0 heterocycles. The van der Waals surface area contributed by atoms with E-state index in [-0.39, 0.29) is 0 Å². The zero-order valence-electron chi connectivity index (χ0n) is 14.3. The van der Waals surface area contributed by atoms with Crippen molar-refractivity contribution in [1.82, 2.24) is 0 Å². The van der Waals surface area contributed by atoms with Crippen LogP contribution in [0.3, 0.4) is 0 Å². The summed E-state index contributed by atoms with van der Waals surface area (Å²) in [6.07, 6.45) is 7.91. The molecule has 0 aromatic carbocycles. The minimum absolute atomic E-state index is 0.361. The molecule has 0 radical (unpaired) electrons. The number of rotatable bonds is 12. The number of allylic oxidation sites excluding steroid dienone is 2. The first-order valence-electron chi connectivity index (χ1n) is 8.10. The number of hydrogen-bond donors (Lipinski definition) is 0. The normalized spacial score (nSPS) is 15.7. The van der Waals surface area contributed by atoms with Crippen molar-refractivity contribution in [2.24, 2.45) is 5.92 Å². The molecule has 3 nitrogen and oxygen atoms in total. The van der Waals surface area contributed by atoms with Crippen LogP contribution < -0.4 is 0 Å². The third-order valence-corrected chi connectivity index (χ3v) is 7.03. The fourth-order valence-electron chi connectivity index (χ4n) is 2.50. The first-order chi connectivity index (χ1) is 9.56. The summed E-state index contributed by atoms with van der Waals surface area (Å²) in [5.41, 5.74) is 0.361. The predicted octanol–water partition coefficient (Wildman–Crippen LogP) is 4.81. The monoisotopic (exact) mass is 302 g/mol. The summed E-state index contributed by atoms with van der Waals surface area (Å²) in [6.45, 7) is 14.6. The van der Waals surface area contributed by atoms with Crippen LogP contribution in [0.5, 0.6) is 0 Å². The highest BCUT2D eigenvalue weighted by atomic mass is 28.4. The van der Waals surface area contributed by atoms with Gasteiger partial charge >= 0.3 is 8.80 Å². The van der Waals surface area contributed by atoms with Crippen LogP contribution in [0.15, 0.2) is 12.2 Å². The van der Waals surface area contributed by atoms with Crippen molar-refractivity contribution in [2.45, 2.75) is 66.3 Å². The second kappa shape index (κ2) is 11.5. The maximum Gasteiger partial charge on any atom is 0.503 e. The molecule has 0 spiro atoms. The van der Waals surface area contributed by atoms with E-state index < -0.39 is 8.80 Å². The second-order valence-electron chi connectivity index (χ2n) is 5.24. The molecule has 0 bridgehead atoms. The molecule has 2 unspecified atom stereocenters. The Morgan fingerprint density at radius 3 is 1.80 bits per heavy atom. The topological polar surface area (TPSA) is 27.7 Å². The van der Waals surface area contributed by atoms with Gasteiger partial charge in [-0.15, -0.1) is 0 Å². The molecule has 2 atom stereocenters. The maximum absolute atomic E-state index is 5.96. The van der Waals surface area contributed by atoms with Gasteiger partial charge in [-0.2, -0.15) is 0 Å². The Bertz CT molecular complexity index is 239. The summed E-state index contributed by atoms with van der Waals surface area (Å²) in [6, 6.07) is 0. The van der Waals surface area contributed by atoms with E-state index in [0.717, 1.165) is 6.42 Å². The fourth-order valence-corrected chi connectivity index (χ4v) is 5.37. The molecule has 0 aromatic heterocycles.